The minimum absolute atomic E-state index is 0.249. The van der Waals surface area contributed by atoms with E-state index < -0.39 is 28.9 Å². The molecular weight excluding hydrogens is 281 g/mol. The average Bonchev–Trinajstić information content (AvgIpc) is 2.37. The maximum Gasteiger partial charge on any atom is 0.261 e. The Hall–Kier alpha value is -2.34. The van der Waals surface area contributed by atoms with Crippen LogP contribution in [0.3, 0.4) is 0 Å². The lowest BCUT2D eigenvalue weighted by Gasteiger charge is -2.10. The lowest BCUT2D eigenvalue weighted by molar-refractivity contribution is 0.101. The number of benzene rings is 2. The molecule has 0 saturated carbocycles. The SMILES string of the molecule is CC(N)c1cccc(NC(=O)c2c(F)cc(F)cc2F)c1. The summed E-state index contributed by atoms with van der Waals surface area (Å²) < 4.78 is 39.8. The summed E-state index contributed by atoms with van der Waals surface area (Å²) in [5, 5.41) is 2.36. The molecule has 0 aromatic heterocycles. The van der Waals surface area contributed by atoms with E-state index in [9.17, 15) is 18.0 Å². The fraction of sp³-hybridized carbons (Fsp3) is 0.133. The molecule has 1 unspecified atom stereocenters. The minimum Gasteiger partial charge on any atom is -0.324 e. The van der Waals surface area contributed by atoms with Crippen LogP contribution in [-0.2, 0) is 0 Å². The molecule has 0 bridgehead atoms. The van der Waals surface area contributed by atoms with Gasteiger partial charge in [0.25, 0.3) is 5.91 Å². The largest absolute Gasteiger partial charge is 0.324 e. The molecule has 2 aromatic rings. The van der Waals surface area contributed by atoms with Crippen LogP contribution in [0.25, 0.3) is 0 Å². The lowest BCUT2D eigenvalue weighted by Crippen LogP contribution is -2.16. The van der Waals surface area contributed by atoms with Gasteiger partial charge in [-0.15, -0.1) is 0 Å². The summed E-state index contributed by atoms with van der Waals surface area (Å²) in [4.78, 5) is 11.9. The second kappa shape index (κ2) is 5.97. The van der Waals surface area contributed by atoms with Crippen molar-refractivity contribution in [3.63, 3.8) is 0 Å². The predicted octanol–water partition coefficient (Wildman–Crippen LogP) is 3.38. The van der Waals surface area contributed by atoms with Gasteiger partial charge in [-0.1, -0.05) is 12.1 Å². The van der Waals surface area contributed by atoms with Crippen LogP contribution in [0.2, 0.25) is 0 Å². The Morgan fingerprint density at radius 2 is 1.76 bits per heavy atom. The highest BCUT2D eigenvalue weighted by Gasteiger charge is 2.19. The van der Waals surface area contributed by atoms with Crippen molar-refractivity contribution in [1.82, 2.24) is 0 Å². The standard InChI is InChI=1S/C15H13F3N2O/c1-8(19)9-3-2-4-11(5-9)20-15(21)14-12(17)6-10(16)7-13(14)18/h2-8H,19H2,1H3,(H,20,21). The number of anilines is 1. The van der Waals surface area contributed by atoms with Crippen molar-refractivity contribution in [2.45, 2.75) is 13.0 Å². The number of halogens is 3. The van der Waals surface area contributed by atoms with E-state index in [2.05, 4.69) is 5.32 Å². The highest BCUT2D eigenvalue weighted by molar-refractivity contribution is 6.04. The van der Waals surface area contributed by atoms with Gasteiger partial charge in [-0.3, -0.25) is 4.79 Å². The topological polar surface area (TPSA) is 55.1 Å². The van der Waals surface area contributed by atoms with E-state index in [1.807, 2.05) is 0 Å². The van der Waals surface area contributed by atoms with E-state index in [1.165, 1.54) is 0 Å². The van der Waals surface area contributed by atoms with E-state index in [-0.39, 0.29) is 6.04 Å². The smallest absolute Gasteiger partial charge is 0.261 e. The highest BCUT2D eigenvalue weighted by Crippen LogP contribution is 2.19. The second-order valence-electron chi connectivity index (χ2n) is 4.61. The van der Waals surface area contributed by atoms with E-state index in [1.54, 1.807) is 31.2 Å². The molecule has 2 rings (SSSR count). The van der Waals surface area contributed by atoms with E-state index >= 15 is 0 Å². The molecular formula is C15H13F3N2O. The third-order valence-electron chi connectivity index (χ3n) is 2.90. The predicted molar refractivity (Wildman–Crippen MR) is 73.3 cm³/mol. The van der Waals surface area contributed by atoms with Gasteiger partial charge in [-0.25, -0.2) is 13.2 Å². The van der Waals surface area contributed by atoms with Gasteiger partial charge in [0.1, 0.15) is 23.0 Å². The van der Waals surface area contributed by atoms with Crippen LogP contribution in [0.4, 0.5) is 18.9 Å². The first-order chi connectivity index (χ1) is 9.88. The van der Waals surface area contributed by atoms with Crippen LogP contribution in [0, 0.1) is 17.5 Å². The normalized spacial score (nSPS) is 12.0. The molecule has 0 aliphatic heterocycles. The van der Waals surface area contributed by atoms with E-state index in [0.717, 1.165) is 5.56 Å². The van der Waals surface area contributed by atoms with Crippen LogP contribution in [-0.4, -0.2) is 5.91 Å². The summed E-state index contributed by atoms with van der Waals surface area (Å²) in [6.07, 6.45) is 0. The maximum absolute atomic E-state index is 13.5. The number of hydrogen-bond donors (Lipinski definition) is 2. The molecule has 0 radical (unpaired) electrons. The van der Waals surface area contributed by atoms with Gasteiger partial charge < -0.3 is 11.1 Å². The van der Waals surface area contributed by atoms with Crippen molar-refractivity contribution >= 4 is 11.6 Å². The first-order valence-electron chi connectivity index (χ1n) is 6.20. The summed E-state index contributed by atoms with van der Waals surface area (Å²) in [7, 11) is 0. The lowest BCUT2D eigenvalue weighted by atomic mass is 10.1. The molecule has 6 heteroatoms. The van der Waals surface area contributed by atoms with Crippen LogP contribution < -0.4 is 11.1 Å². The summed E-state index contributed by atoms with van der Waals surface area (Å²) in [6.45, 7) is 1.76. The first-order valence-corrected chi connectivity index (χ1v) is 6.20. The number of hydrogen-bond acceptors (Lipinski definition) is 2. The first kappa shape index (κ1) is 15.1. The van der Waals surface area contributed by atoms with Gasteiger partial charge in [0.15, 0.2) is 0 Å². The Morgan fingerprint density at radius 1 is 1.14 bits per heavy atom. The number of carbonyl (C=O) groups excluding carboxylic acids is 1. The third-order valence-corrected chi connectivity index (χ3v) is 2.90. The van der Waals surface area contributed by atoms with Crippen molar-refractivity contribution in [2.75, 3.05) is 5.32 Å². The summed E-state index contributed by atoms with van der Waals surface area (Å²) in [5.74, 6) is -4.59. The van der Waals surface area contributed by atoms with Crippen LogP contribution >= 0.6 is 0 Å². The number of nitrogens with two attached hydrogens (primary N) is 1. The number of rotatable bonds is 3. The summed E-state index contributed by atoms with van der Waals surface area (Å²) in [6, 6.07) is 7.24. The third kappa shape index (κ3) is 3.41. The van der Waals surface area contributed by atoms with Gasteiger partial charge >= 0.3 is 0 Å². The van der Waals surface area contributed by atoms with Gasteiger partial charge in [0.2, 0.25) is 0 Å². The molecule has 0 saturated heterocycles. The zero-order valence-corrected chi connectivity index (χ0v) is 11.2. The summed E-state index contributed by atoms with van der Waals surface area (Å²) >= 11 is 0. The number of carbonyl (C=O) groups is 1. The fourth-order valence-electron chi connectivity index (χ4n) is 1.85. The zero-order valence-electron chi connectivity index (χ0n) is 11.2. The van der Waals surface area contributed by atoms with Gasteiger partial charge in [0.05, 0.1) is 0 Å². The van der Waals surface area contributed by atoms with Crippen molar-refractivity contribution in [3.05, 3.63) is 65.0 Å². The molecule has 0 aliphatic rings. The fourth-order valence-corrected chi connectivity index (χ4v) is 1.85. The zero-order chi connectivity index (χ0) is 15.6. The monoisotopic (exact) mass is 294 g/mol. The molecule has 0 fully saturated rings. The molecule has 0 aliphatic carbocycles. The molecule has 3 nitrogen and oxygen atoms in total. The molecule has 21 heavy (non-hydrogen) atoms. The Kier molecular flexibility index (Phi) is 4.28. The molecule has 110 valence electrons. The van der Waals surface area contributed by atoms with Gasteiger partial charge in [0, 0.05) is 23.9 Å². The highest BCUT2D eigenvalue weighted by atomic mass is 19.1. The number of amides is 1. The van der Waals surface area contributed by atoms with Crippen LogP contribution in [0.1, 0.15) is 28.9 Å². The molecule has 0 heterocycles. The van der Waals surface area contributed by atoms with Gasteiger partial charge in [-0.05, 0) is 24.6 Å². The Balaban J connectivity index is 2.28. The van der Waals surface area contributed by atoms with Gasteiger partial charge in [-0.2, -0.15) is 0 Å². The molecule has 1 atom stereocenters. The molecule has 3 N–H and O–H groups in total. The van der Waals surface area contributed by atoms with Crippen molar-refractivity contribution < 1.29 is 18.0 Å². The average molecular weight is 294 g/mol. The molecule has 0 spiro atoms. The van der Waals surface area contributed by atoms with Crippen molar-refractivity contribution in [1.29, 1.82) is 0 Å². The van der Waals surface area contributed by atoms with Crippen molar-refractivity contribution in [3.8, 4) is 0 Å². The maximum atomic E-state index is 13.5. The Morgan fingerprint density at radius 3 is 2.33 bits per heavy atom. The van der Waals surface area contributed by atoms with Crippen LogP contribution in [0.15, 0.2) is 36.4 Å². The Labute approximate surface area is 119 Å². The van der Waals surface area contributed by atoms with E-state index in [4.69, 9.17) is 5.73 Å². The molecule has 1 amide bonds. The number of nitrogens with one attached hydrogen (secondary N) is 1. The Bertz CT molecular complexity index is 663. The minimum atomic E-state index is -1.26. The molecule has 2 aromatic carbocycles. The van der Waals surface area contributed by atoms with Crippen molar-refractivity contribution in [2.24, 2.45) is 5.73 Å². The van der Waals surface area contributed by atoms with Crippen LogP contribution in [0.5, 0.6) is 0 Å². The summed E-state index contributed by atoms with van der Waals surface area (Å²) in [5.41, 5.74) is 5.99. The van der Waals surface area contributed by atoms with E-state index in [0.29, 0.717) is 17.8 Å². The quantitative estimate of drug-likeness (QED) is 0.911. The second-order valence-corrected chi connectivity index (χ2v) is 4.61.